The predicted octanol–water partition coefficient (Wildman–Crippen LogP) is 3.60. The number of hydrogen-bond acceptors (Lipinski definition) is 2. The van der Waals surface area contributed by atoms with E-state index in [4.69, 9.17) is 5.73 Å². The Morgan fingerprint density at radius 1 is 1.12 bits per heavy atom. The average Bonchev–Trinajstić information content (AvgIpc) is 2.30. The van der Waals surface area contributed by atoms with Gasteiger partial charge < -0.3 is 11.1 Å². The summed E-state index contributed by atoms with van der Waals surface area (Å²) in [4.78, 5) is 0. The second-order valence-electron chi connectivity index (χ2n) is 3.80. The monoisotopic (exact) mass is 234 g/mol. The molecule has 2 aromatic carbocycles. The lowest BCUT2D eigenvalue weighted by Crippen LogP contribution is -1.97. The SMILES string of the molecule is Cc1ccc(Nc2cccc(F)c2F)cc1N. The summed E-state index contributed by atoms with van der Waals surface area (Å²) in [6.07, 6.45) is 0. The van der Waals surface area contributed by atoms with Crippen molar-refractivity contribution in [2.24, 2.45) is 0 Å². The van der Waals surface area contributed by atoms with Gasteiger partial charge in [0.15, 0.2) is 11.6 Å². The van der Waals surface area contributed by atoms with E-state index < -0.39 is 11.6 Å². The largest absolute Gasteiger partial charge is 0.398 e. The third-order valence-corrected chi connectivity index (χ3v) is 2.51. The van der Waals surface area contributed by atoms with Crippen molar-refractivity contribution < 1.29 is 8.78 Å². The lowest BCUT2D eigenvalue weighted by Gasteiger charge is -2.09. The molecule has 0 unspecified atom stereocenters. The number of aryl methyl sites for hydroxylation is 1. The third kappa shape index (κ3) is 2.36. The van der Waals surface area contributed by atoms with Gasteiger partial charge in [0, 0.05) is 11.4 Å². The molecule has 0 aliphatic carbocycles. The minimum absolute atomic E-state index is 0.0910. The number of anilines is 3. The van der Waals surface area contributed by atoms with E-state index in [2.05, 4.69) is 5.32 Å². The molecule has 0 aromatic heterocycles. The highest BCUT2D eigenvalue weighted by Gasteiger charge is 2.07. The van der Waals surface area contributed by atoms with E-state index in [1.807, 2.05) is 13.0 Å². The average molecular weight is 234 g/mol. The molecule has 2 rings (SSSR count). The van der Waals surface area contributed by atoms with Gasteiger partial charge in [-0.25, -0.2) is 8.78 Å². The van der Waals surface area contributed by atoms with Gasteiger partial charge in [0.05, 0.1) is 5.69 Å². The van der Waals surface area contributed by atoms with Gasteiger partial charge in [0.2, 0.25) is 0 Å². The molecule has 0 fully saturated rings. The van der Waals surface area contributed by atoms with Crippen molar-refractivity contribution in [1.82, 2.24) is 0 Å². The Kier molecular flexibility index (Phi) is 2.95. The maximum absolute atomic E-state index is 13.4. The van der Waals surface area contributed by atoms with Crippen LogP contribution in [0.4, 0.5) is 25.8 Å². The number of nitrogen functional groups attached to an aromatic ring is 1. The van der Waals surface area contributed by atoms with E-state index in [1.54, 1.807) is 12.1 Å². The van der Waals surface area contributed by atoms with E-state index >= 15 is 0 Å². The predicted molar refractivity (Wildman–Crippen MR) is 65.2 cm³/mol. The van der Waals surface area contributed by atoms with Gasteiger partial charge in [-0.2, -0.15) is 0 Å². The van der Waals surface area contributed by atoms with Crippen LogP contribution >= 0.6 is 0 Å². The molecule has 0 amide bonds. The van der Waals surface area contributed by atoms with E-state index in [-0.39, 0.29) is 5.69 Å². The highest BCUT2D eigenvalue weighted by molar-refractivity contribution is 5.65. The fourth-order valence-electron chi connectivity index (χ4n) is 1.47. The van der Waals surface area contributed by atoms with Crippen molar-refractivity contribution >= 4 is 17.1 Å². The normalized spacial score (nSPS) is 10.3. The summed E-state index contributed by atoms with van der Waals surface area (Å²) in [5.41, 5.74) is 7.99. The van der Waals surface area contributed by atoms with Crippen LogP contribution in [0.25, 0.3) is 0 Å². The summed E-state index contributed by atoms with van der Waals surface area (Å²) in [5.74, 6) is -1.78. The Morgan fingerprint density at radius 2 is 1.88 bits per heavy atom. The first-order valence-corrected chi connectivity index (χ1v) is 5.15. The zero-order chi connectivity index (χ0) is 12.4. The highest BCUT2D eigenvalue weighted by atomic mass is 19.2. The Hall–Kier alpha value is -2.10. The molecule has 0 aliphatic heterocycles. The summed E-state index contributed by atoms with van der Waals surface area (Å²) < 4.78 is 26.4. The summed E-state index contributed by atoms with van der Waals surface area (Å²) in [6.45, 7) is 1.88. The van der Waals surface area contributed by atoms with E-state index in [1.165, 1.54) is 12.1 Å². The second kappa shape index (κ2) is 4.41. The molecule has 0 saturated carbocycles. The highest BCUT2D eigenvalue weighted by Crippen LogP contribution is 2.24. The summed E-state index contributed by atoms with van der Waals surface area (Å²) in [7, 11) is 0. The molecule has 4 heteroatoms. The minimum Gasteiger partial charge on any atom is -0.398 e. The van der Waals surface area contributed by atoms with Crippen molar-refractivity contribution in [3.63, 3.8) is 0 Å². The summed E-state index contributed by atoms with van der Waals surface area (Å²) in [6, 6.07) is 9.24. The summed E-state index contributed by atoms with van der Waals surface area (Å²) in [5, 5.41) is 2.79. The second-order valence-corrected chi connectivity index (χ2v) is 3.80. The molecular formula is C13H12F2N2. The van der Waals surface area contributed by atoms with Crippen LogP contribution in [0.15, 0.2) is 36.4 Å². The van der Waals surface area contributed by atoms with Crippen molar-refractivity contribution in [1.29, 1.82) is 0 Å². The fourth-order valence-corrected chi connectivity index (χ4v) is 1.47. The minimum atomic E-state index is -0.897. The van der Waals surface area contributed by atoms with Crippen LogP contribution in [0.2, 0.25) is 0 Å². The van der Waals surface area contributed by atoms with Crippen molar-refractivity contribution in [3.8, 4) is 0 Å². The Bertz CT molecular complexity index is 553. The number of halogens is 2. The molecule has 0 aliphatic rings. The van der Waals surface area contributed by atoms with Gasteiger partial charge in [-0.15, -0.1) is 0 Å². The van der Waals surface area contributed by atoms with Crippen LogP contribution in [0.1, 0.15) is 5.56 Å². The van der Waals surface area contributed by atoms with Gasteiger partial charge >= 0.3 is 0 Å². The number of hydrogen-bond donors (Lipinski definition) is 2. The molecule has 0 atom stereocenters. The van der Waals surface area contributed by atoms with Gasteiger partial charge in [0.1, 0.15) is 0 Å². The van der Waals surface area contributed by atoms with Crippen LogP contribution in [0.3, 0.4) is 0 Å². The molecule has 0 saturated heterocycles. The van der Waals surface area contributed by atoms with Gasteiger partial charge in [-0.05, 0) is 36.8 Å². The number of nitrogens with two attached hydrogens (primary N) is 1. The van der Waals surface area contributed by atoms with Crippen LogP contribution < -0.4 is 11.1 Å². The molecule has 0 bridgehead atoms. The molecule has 3 N–H and O–H groups in total. The van der Waals surface area contributed by atoms with Crippen molar-refractivity contribution in [2.45, 2.75) is 6.92 Å². The Balaban J connectivity index is 2.31. The maximum atomic E-state index is 13.4. The molecule has 2 nitrogen and oxygen atoms in total. The van der Waals surface area contributed by atoms with E-state index in [9.17, 15) is 8.78 Å². The van der Waals surface area contributed by atoms with Crippen LogP contribution in [-0.4, -0.2) is 0 Å². The van der Waals surface area contributed by atoms with Gasteiger partial charge in [-0.1, -0.05) is 12.1 Å². The zero-order valence-electron chi connectivity index (χ0n) is 9.30. The van der Waals surface area contributed by atoms with Gasteiger partial charge in [0.25, 0.3) is 0 Å². The van der Waals surface area contributed by atoms with Crippen molar-refractivity contribution in [3.05, 3.63) is 53.6 Å². The quantitative estimate of drug-likeness (QED) is 0.779. The van der Waals surface area contributed by atoms with Crippen molar-refractivity contribution in [2.75, 3.05) is 11.1 Å². The first kappa shape index (κ1) is 11.4. The lowest BCUT2D eigenvalue weighted by atomic mass is 10.2. The maximum Gasteiger partial charge on any atom is 0.182 e. The molecule has 2 aromatic rings. The first-order valence-electron chi connectivity index (χ1n) is 5.15. The van der Waals surface area contributed by atoms with Crippen LogP contribution in [-0.2, 0) is 0 Å². The molecule has 17 heavy (non-hydrogen) atoms. The van der Waals surface area contributed by atoms with E-state index in [0.717, 1.165) is 11.6 Å². The van der Waals surface area contributed by atoms with Crippen LogP contribution in [0.5, 0.6) is 0 Å². The summed E-state index contributed by atoms with van der Waals surface area (Å²) >= 11 is 0. The number of benzene rings is 2. The van der Waals surface area contributed by atoms with Crippen LogP contribution in [0, 0.1) is 18.6 Å². The molecule has 88 valence electrons. The van der Waals surface area contributed by atoms with E-state index in [0.29, 0.717) is 11.4 Å². The molecule has 0 radical (unpaired) electrons. The fraction of sp³-hybridized carbons (Fsp3) is 0.0769. The smallest absolute Gasteiger partial charge is 0.182 e. The lowest BCUT2D eigenvalue weighted by molar-refractivity contribution is 0.512. The molecule has 0 spiro atoms. The number of nitrogens with one attached hydrogen (secondary N) is 1. The van der Waals surface area contributed by atoms with Gasteiger partial charge in [-0.3, -0.25) is 0 Å². The Morgan fingerprint density at radius 3 is 2.59 bits per heavy atom. The third-order valence-electron chi connectivity index (χ3n) is 2.51. The Labute approximate surface area is 98.1 Å². The molecule has 0 heterocycles. The first-order chi connectivity index (χ1) is 8.08. The zero-order valence-corrected chi connectivity index (χ0v) is 9.30. The number of rotatable bonds is 2. The topological polar surface area (TPSA) is 38.0 Å². The standard InChI is InChI=1S/C13H12F2N2/c1-8-5-6-9(7-11(8)16)17-12-4-2-3-10(14)13(12)15/h2-7,17H,16H2,1H3. The molecular weight excluding hydrogens is 222 g/mol.